The van der Waals surface area contributed by atoms with E-state index in [0.29, 0.717) is 34.1 Å². The number of aromatic nitrogens is 2. The Labute approximate surface area is 240 Å². The van der Waals surface area contributed by atoms with Gasteiger partial charge < -0.3 is 4.74 Å². The number of pyridine rings is 2. The van der Waals surface area contributed by atoms with Crippen molar-refractivity contribution in [3.8, 4) is 28.1 Å². The normalized spacial score (nSPS) is 12.3. The number of hydrogen-bond donors (Lipinski definition) is 1. The van der Waals surface area contributed by atoms with Crippen LogP contribution in [0.3, 0.4) is 0 Å². The highest BCUT2D eigenvalue weighted by molar-refractivity contribution is 7.92. The standard InChI is InChI=1S/C28H24Cl2F3N3O3S/c1-27(2,3)16-39-22-15-18(9-13-21(22)29)20-12-14-24(36-40(37,38)25-6-4-5-23(30)34-25)35-26(20)17-7-10-19(11-8-17)28(31,32)33/h4-15H,16H2,1-3H3,(H,35,36). The lowest BCUT2D eigenvalue weighted by atomic mass is 9.97. The fourth-order valence-electron chi connectivity index (χ4n) is 3.59. The van der Waals surface area contributed by atoms with Crippen LogP contribution in [0, 0.1) is 5.41 Å². The summed E-state index contributed by atoms with van der Waals surface area (Å²) >= 11 is 12.2. The zero-order valence-electron chi connectivity index (χ0n) is 21.6. The number of rotatable bonds is 7. The van der Waals surface area contributed by atoms with Crippen LogP contribution in [0.15, 0.2) is 77.8 Å². The highest BCUT2D eigenvalue weighted by Crippen LogP contribution is 2.38. The van der Waals surface area contributed by atoms with Gasteiger partial charge >= 0.3 is 6.18 Å². The van der Waals surface area contributed by atoms with Crippen LogP contribution in [0.4, 0.5) is 19.0 Å². The molecule has 0 atom stereocenters. The van der Waals surface area contributed by atoms with Crippen LogP contribution in [0.2, 0.25) is 10.2 Å². The van der Waals surface area contributed by atoms with Crippen LogP contribution in [0.5, 0.6) is 5.75 Å². The van der Waals surface area contributed by atoms with Crippen molar-refractivity contribution in [2.45, 2.75) is 32.0 Å². The van der Waals surface area contributed by atoms with E-state index in [0.717, 1.165) is 12.1 Å². The van der Waals surface area contributed by atoms with E-state index in [4.69, 9.17) is 27.9 Å². The van der Waals surface area contributed by atoms with Crippen LogP contribution in [-0.4, -0.2) is 25.0 Å². The van der Waals surface area contributed by atoms with Gasteiger partial charge in [-0.15, -0.1) is 0 Å². The minimum atomic E-state index is -4.52. The van der Waals surface area contributed by atoms with E-state index in [-0.39, 0.29) is 27.1 Å². The third kappa shape index (κ3) is 7.24. The molecule has 0 aliphatic heterocycles. The molecule has 0 radical (unpaired) electrons. The summed E-state index contributed by atoms with van der Waals surface area (Å²) in [5.41, 5.74) is 0.728. The van der Waals surface area contributed by atoms with E-state index >= 15 is 0 Å². The lowest BCUT2D eigenvalue weighted by molar-refractivity contribution is -0.137. The lowest BCUT2D eigenvalue weighted by Gasteiger charge is -2.20. The third-order valence-electron chi connectivity index (χ3n) is 5.49. The van der Waals surface area contributed by atoms with E-state index in [9.17, 15) is 21.6 Å². The zero-order chi connectivity index (χ0) is 29.3. The van der Waals surface area contributed by atoms with Crippen molar-refractivity contribution >= 4 is 39.0 Å². The molecule has 0 aliphatic rings. The second-order valence-electron chi connectivity index (χ2n) is 10.1. The first kappa shape index (κ1) is 29.6. The van der Waals surface area contributed by atoms with Gasteiger partial charge in [-0.05, 0) is 59.5 Å². The van der Waals surface area contributed by atoms with Crippen LogP contribution in [0.25, 0.3) is 22.4 Å². The van der Waals surface area contributed by atoms with Crippen LogP contribution in [-0.2, 0) is 16.2 Å². The van der Waals surface area contributed by atoms with Crippen molar-refractivity contribution in [2.24, 2.45) is 5.41 Å². The Hall–Kier alpha value is -3.34. The average Bonchev–Trinajstić information content (AvgIpc) is 2.87. The van der Waals surface area contributed by atoms with Crippen LogP contribution in [0.1, 0.15) is 26.3 Å². The number of nitrogens with one attached hydrogen (secondary N) is 1. The van der Waals surface area contributed by atoms with Crippen LogP contribution >= 0.6 is 23.2 Å². The maximum absolute atomic E-state index is 13.2. The van der Waals surface area contributed by atoms with E-state index in [1.807, 2.05) is 20.8 Å². The molecule has 12 heteroatoms. The first-order valence-corrected chi connectivity index (χ1v) is 14.1. The van der Waals surface area contributed by atoms with E-state index in [2.05, 4.69) is 14.7 Å². The van der Waals surface area contributed by atoms with Gasteiger partial charge in [0.2, 0.25) is 0 Å². The third-order valence-corrected chi connectivity index (χ3v) is 7.27. The minimum Gasteiger partial charge on any atom is -0.491 e. The molecule has 0 fully saturated rings. The Morgan fingerprint density at radius 1 is 0.875 bits per heavy atom. The molecule has 2 heterocycles. The molecule has 0 amide bonds. The Morgan fingerprint density at radius 2 is 1.55 bits per heavy atom. The summed E-state index contributed by atoms with van der Waals surface area (Å²) in [6, 6.07) is 16.7. The molecule has 0 spiro atoms. The number of nitrogens with zero attached hydrogens (tertiary/aromatic N) is 2. The summed E-state index contributed by atoms with van der Waals surface area (Å²) in [5.74, 6) is 0.350. The average molecular weight is 610 g/mol. The monoisotopic (exact) mass is 609 g/mol. The fourth-order valence-corrected chi connectivity index (χ4v) is 4.95. The van der Waals surface area contributed by atoms with Crippen LogP contribution < -0.4 is 9.46 Å². The smallest absolute Gasteiger partial charge is 0.416 e. The quantitative estimate of drug-likeness (QED) is 0.213. The molecule has 0 saturated carbocycles. The van der Waals surface area contributed by atoms with Crippen molar-refractivity contribution in [1.29, 1.82) is 0 Å². The molecular weight excluding hydrogens is 586 g/mol. The van der Waals surface area contributed by atoms with Crippen molar-refractivity contribution in [3.05, 3.63) is 88.5 Å². The number of sulfonamides is 1. The number of hydrogen-bond acceptors (Lipinski definition) is 5. The van der Waals surface area contributed by atoms with Gasteiger partial charge in [0.1, 0.15) is 16.7 Å². The zero-order valence-corrected chi connectivity index (χ0v) is 23.9. The highest BCUT2D eigenvalue weighted by atomic mass is 35.5. The summed E-state index contributed by atoms with van der Waals surface area (Å²) in [5, 5.41) is 0.0552. The summed E-state index contributed by atoms with van der Waals surface area (Å²) in [4.78, 5) is 8.30. The van der Waals surface area contributed by atoms with Gasteiger partial charge in [-0.3, -0.25) is 4.72 Å². The minimum absolute atomic E-state index is 0.0103. The summed E-state index contributed by atoms with van der Waals surface area (Å²) in [7, 11) is -4.17. The number of ether oxygens (including phenoxy) is 1. The molecule has 0 unspecified atom stereocenters. The second kappa shape index (κ2) is 11.3. The van der Waals surface area contributed by atoms with Crippen molar-refractivity contribution in [2.75, 3.05) is 11.3 Å². The Balaban J connectivity index is 1.80. The Morgan fingerprint density at radius 3 is 2.17 bits per heavy atom. The molecule has 0 saturated heterocycles. The fraction of sp³-hybridized carbons (Fsp3) is 0.214. The summed E-state index contributed by atoms with van der Waals surface area (Å²) in [6.45, 7) is 6.42. The van der Waals surface area contributed by atoms with Crippen molar-refractivity contribution < 1.29 is 26.3 Å². The molecule has 0 aliphatic carbocycles. The van der Waals surface area contributed by atoms with E-state index in [1.165, 1.54) is 36.4 Å². The van der Waals surface area contributed by atoms with Gasteiger partial charge in [0.15, 0.2) is 5.03 Å². The van der Waals surface area contributed by atoms with Gasteiger partial charge in [-0.1, -0.05) is 68.2 Å². The van der Waals surface area contributed by atoms with Crippen molar-refractivity contribution in [3.63, 3.8) is 0 Å². The highest BCUT2D eigenvalue weighted by Gasteiger charge is 2.30. The van der Waals surface area contributed by atoms with E-state index < -0.39 is 21.8 Å². The Bertz CT molecular complexity index is 1640. The topological polar surface area (TPSA) is 81.2 Å². The first-order valence-electron chi connectivity index (χ1n) is 11.9. The predicted octanol–water partition coefficient (Wildman–Crippen LogP) is 8.36. The van der Waals surface area contributed by atoms with E-state index in [1.54, 1.807) is 24.3 Å². The number of alkyl halides is 3. The van der Waals surface area contributed by atoms with Gasteiger partial charge in [0, 0.05) is 11.1 Å². The molecule has 2 aromatic carbocycles. The Kier molecular flexibility index (Phi) is 8.35. The van der Waals surface area contributed by atoms with Gasteiger partial charge in [-0.25, -0.2) is 9.97 Å². The molecule has 40 heavy (non-hydrogen) atoms. The number of halogens is 5. The van der Waals surface area contributed by atoms with Gasteiger partial charge in [0.25, 0.3) is 10.0 Å². The molecule has 6 nitrogen and oxygen atoms in total. The predicted molar refractivity (Wildman–Crippen MR) is 150 cm³/mol. The molecule has 1 N–H and O–H groups in total. The molecule has 210 valence electrons. The summed E-state index contributed by atoms with van der Waals surface area (Å²) < 4.78 is 73.7. The molecule has 4 aromatic rings. The van der Waals surface area contributed by atoms with Crippen molar-refractivity contribution in [1.82, 2.24) is 9.97 Å². The molecule has 0 bridgehead atoms. The van der Waals surface area contributed by atoms with Gasteiger partial charge in [-0.2, -0.15) is 21.6 Å². The lowest BCUT2D eigenvalue weighted by Crippen LogP contribution is -2.17. The van der Waals surface area contributed by atoms with Gasteiger partial charge in [0.05, 0.1) is 22.9 Å². The SMILES string of the molecule is CC(C)(C)COc1cc(-c2ccc(NS(=O)(=O)c3cccc(Cl)n3)nc2-c2ccc(C(F)(F)F)cc2)ccc1Cl. The summed E-state index contributed by atoms with van der Waals surface area (Å²) in [6.07, 6.45) is -4.52. The molecular formula is C28H24Cl2F3N3O3S. The first-order chi connectivity index (χ1) is 18.6. The number of anilines is 1. The second-order valence-corrected chi connectivity index (χ2v) is 12.5. The number of benzene rings is 2. The largest absolute Gasteiger partial charge is 0.491 e. The molecule has 4 rings (SSSR count). The molecule has 2 aromatic heterocycles. The maximum atomic E-state index is 13.2. The maximum Gasteiger partial charge on any atom is 0.416 e.